The molecule has 7 nitrogen and oxygen atoms in total. The maximum absolute atomic E-state index is 13.4. The number of carbonyl (C=O) groups is 1. The van der Waals surface area contributed by atoms with Crippen molar-refractivity contribution in [1.82, 2.24) is 20.3 Å². The molecule has 1 atom stereocenters. The number of hydrogen-bond donors (Lipinski definition) is 4. The van der Waals surface area contributed by atoms with E-state index in [2.05, 4.69) is 26.3 Å². The number of amides is 1. The Morgan fingerprint density at radius 1 is 1.03 bits per heavy atom. The van der Waals surface area contributed by atoms with Crippen LogP contribution in [0, 0.1) is 0 Å². The lowest BCUT2D eigenvalue weighted by Crippen LogP contribution is -2.28. The van der Waals surface area contributed by atoms with Crippen molar-refractivity contribution in [3.8, 4) is 22.3 Å². The van der Waals surface area contributed by atoms with E-state index in [9.17, 15) is 9.90 Å². The summed E-state index contributed by atoms with van der Waals surface area (Å²) in [5, 5.41) is 13.7. The number of aromatic nitrogens is 3. The second-order valence-corrected chi connectivity index (χ2v) is 8.29. The fourth-order valence-corrected chi connectivity index (χ4v) is 4.81. The SMILES string of the molecule is Nc1ncc(-c2cccc3c2-c2ccccc2C3NC(=O)c2ccnc3[nH]ccc23)cc1CO. The third kappa shape index (κ3) is 3.06. The summed E-state index contributed by atoms with van der Waals surface area (Å²) >= 11 is 0. The van der Waals surface area contributed by atoms with Crippen LogP contribution in [0.3, 0.4) is 0 Å². The predicted molar refractivity (Wildman–Crippen MR) is 131 cm³/mol. The number of benzene rings is 2. The van der Waals surface area contributed by atoms with Crippen molar-refractivity contribution in [2.45, 2.75) is 12.6 Å². The van der Waals surface area contributed by atoms with E-state index in [0.717, 1.165) is 38.8 Å². The molecular formula is C27H21N5O2. The van der Waals surface area contributed by atoms with Gasteiger partial charge in [-0.1, -0.05) is 42.5 Å². The van der Waals surface area contributed by atoms with Gasteiger partial charge in [-0.2, -0.15) is 0 Å². The maximum Gasteiger partial charge on any atom is 0.252 e. The van der Waals surface area contributed by atoms with Gasteiger partial charge in [0, 0.05) is 35.1 Å². The largest absolute Gasteiger partial charge is 0.392 e. The first-order chi connectivity index (χ1) is 16.7. The molecule has 7 heteroatoms. The Morgan fingerprint density at radius 3 is 2.74 bits per heavy atom. The van der Waals surface area contributed by atoms with Crippen molar-refractivity contribution in [3.05, 3.63) is 102 Å². The maximum atomic E-state index is 13.4. The lowest BCUT2D eigenvalue weighted by atomic mass is 9.94. The Morgan fingerprint density at radius 2 is 1.85 bits per heavy atom. The number of aromatic amines is 1. The molecule has 0 radical (unpaired) electrons. The summed E-state index contributed by atoms with van der Waals surface area (Å²) in [5.41, 5.74) is 13.7. The minimum Gasteiger partial charge on any atom is -0.392 e. The van der Waals surface area contributed by atoms with Crippen LogP contribution < -0.4 is 11.1 Å². The number of fused-ring (bicyclic) bond motifs is 4. The highest BCUT2D eigenvalue weighted by molar-refractivity contribution is 6.06. The van der Waals surface area contributed by atoms with Gasteiger partial charge < -0.3 is 21.1 Å². The van der Waals surface area contributed by atoms with Crippen molar-refractivity contribution in [1.29, 1.82) is 0 Å². The number of rotatable bonds is 4. The quantitative estimate of drug-likeness (QED) is 0.329. The molecule has 1 amide bonds. The third-order valence-corrected chi connectivity index (χ3v) is 6.41. The summed E-state index contributed by atoms with van der Waals surface area (Å²) < 4.78 is 0. The van der Waals surface area contributed by atoms with Crippen LogP contribution in [0.4, 0.5) is 5.82 Å². The molecule has 6 rings (SSSR count). The van der Waals surface area contributed by atoms with Crippen molar-refractivity contribution in [2.24, 2.45) is 0 Å². The number of hydrogen-bond acceptors (Lipinski definition) is 5. The Labute approximate surface area is 195 Å². The highest BCUT2D eigenvalue weighted by atomic mass is 16.3. The van der Waals surface area contributed by atoms with E-state index in [-0.39, 0.29) is 18.6 Å². The number of aliphatic hydroxyl groups is 1. The molecule has 0 saturated carbocycles. The lowest BCUT2D eigenvalue weighted by molar-refractivity contribution is 0.0945. The van der Waals surface area contributed by atoms with E-state index in [1.807, 2.05) is 48.5 Å². The molecule has 3 aromatic heterocycles. The summed E-state index contributed by atoms with van der Waals surface area (Å²) in [7, 11) is 0. The van der Waals surface area contributed by atoms with Crippen molar-refractivity contribution >= 4 is 22.8 Å². The van der Waals surface area contributed by atoms with E-state index in [4.69, 9.17) is 5.73 Å². The fourth-order valence-electron chi connectivity index (χ4n) is 4.81. The van der Waals surface area contributed by atoms with Gasteiger partial charge in [0.2, 0.25) is 0 Å². The molecule has 1 aliphatic rings. The van der Waals surface area contributed by atoms with Gasteiger partial charge in [0.15, 0.2) is 0 Å². The number of nitrogens with two attached hydrogens (primary N) is 1. The molecule has 0 bridgehead atoms. The summed E-state index contributed by atoms with van der Waals surface area (Å²) in [5.74, 6) is 0.152. The zero-order chi connectivity index (χ0) is 23.2. The van der Waals surface area contributed by atoms with Crippen LogP contribution in [0.2, 0.25) is 0 Å². The number of anilines is 1. The summed E-state index contributed by atoms with van der Waals surface area (Å²) in [6.07, 6.45) is 5.13. The highest BCUT2D eigenvalue weighted by Crippen LogP contribution is 2.48. The van der Waals surface area contributed by atoms with Crippen LogP contribution in [-0.2, 0) is 6.61 Å². The van der Waals surface area contributed by atoms with Crippen LogP contribution in [0.15, 0.2) is 79.3 Å². The van der Waals surface area contributed by atoms with E-state index >= 15 is 0 Å². The molecule has 3 heterocycles. The average Bonchev–Trinajstić information content (AvgIpc) is 3.47. The summed E-state index contributed by atoms with van der Waals surface area (Å²) in [6, 6.07) is 19.3. The van der Waals surface area contributed by atoms with Gasteiger partial charge in [-0.05, 0) is 46.0 Å². The molecule has 1 aliphatic carbocycles. The van der Waals surface area contributed by atoms with E-state index in [0.29, 0.717) is 22.6 Å². The molecule has 5 aromatic rings. The van der Waals surface area contributed by atoms with E-state index < -0.39 is 0 Å². The molecular weight excluding hydrogens is 426 g/mol. The molecule has 2 aromatic carbocycles. The average molecular weight is 447 g/mol. The number of aliphatic hydroxyl groups excluding tert-OH is 1. The van der Waals surface area contributed by atoms with Gasteiger partial charge in [-0.25, -0.2) is 9.97 Å². The summed E-state index contributed by atoms with van der Waals surface area (Å²) in [4.78, 5) is 25.0. The van der Waals surface area contributed by atoms with Crippen LogP contribution in [0.25, 0.3) is 33.3 Å². The molecule has 0 spiro atoms. The number of nitrogen functional groups attached to an aromatic ring is 1. The topological polar surface area (TPSA) is 117 Å². The molecule has 5 N–H and O–H groups in total. The monoisotopic (exact) mass is 447 g/mol. The first kappa shape index (κ1) is 20.1. The first-order valence-electron chi connectivity index (χ1n) is 11.0. The van der Waals surface area contributed by atoms with Crippen molar-refractivity contribution in [3.63, 3.8) is 0 Å². The normalized spacial score (nSPS) is 14.1. The zero-order valence-corrected chi connectivity index (χ0v) is 18.1. The van der Waals surface area contributed by atoms with E-state index in [1.54, 1.807) is 24.7 Å². The molecule has 166 valence electrons. The van der Waals surface area contributed by atoms with Crippen molar-refractivity contribution in [2.75, 3.05) is 5.73 Å². The summed E-state index contributed by atoms with van der Waals surface area (Å²) in [6.45, 7) is -0.184. The van der Waals surface area contributed by atoms with Crippen LogP contribution in [0.5, 0.6) is 0 Å². The van der Waals surface area contributed by atoms with Gasteiger partial charge in [-0.15, -0.1) is 0 Å². The highest BCUT2D eigenvalue weighted by Gasteiger charge is 2.32. The Hall–Kier alpha value is -4.49. The second kappa shape index (κ2) is 7.83. The standard InChI is InChI=1S/C27H21N5O2/c28-25-16(14-33)12-15(13-31-25)17-6-3-7-22-23(17)18-4-1-2-5-19(18)24(22)32-27(34)21-9-11-30-26-20(21)8-10-29-26/h1-13,24,33H,14H2,(H2,28,31)(H,29,30)(H,32,34). The van der Waals surface area contributed by atoms with Crippen LogP contribution in [-0.4, -0.2) is 26.0 Å². The number of nitrogens with zero attached hydrogens (tertiary/aromatic N) is 2. The number of pyridine rings is 2. The molecule has 0 fully saturated rings. The van der Waals surface area contributed by atoms with Crippen LogP contribution in [0.1, 0.15) is 33.1 Å². The van der Waals surface area contributed by atoms with E-state index in [1.165, 1.54) is 0 Å². The Balaban J connectivity index is 1.47. The number of nitrogens with one attached hydrogen (secondary N) is 2. The molecule has 34 heavy (non-hydrogen) atoms. The first-order valence-corrected chi connectivity index (χ1v) is 11.0. The fraction of sp³-hybridized carbons (Fsp3) is 0.0741. The van der Waals surface area contributed by atoms with Gasteiger partial charge >= 0.3 is 0 Å². The Kier molecular flexibility index (Phi) is 4.64. The second-order valence-electron chi connectivity index (χ2n) is 8.29. The Bertz CT molecular complexity index is 1570. The van der Waals surface area contributed by atoms with Gasteiger partial charge in [0.05, 0.1) is 18.2 Å². The van der Waals surface area contributed by atoms with Gasteiger partial charge in [-0.3, -0.25) is 4.79 Å². The van der Waals surface area contributed by atoms with Crippen molar-refractivity contribution < 1.29 is 9.90 Å². The zero-order valence-electron chi connectivity index (χ0n) is 18.1. The van der Waals surface area contributed by atoms with Gasteiger partial charge in [0.25, 0.3) is 5.91 Å². The molecule has 0 aliphatic heterocycles. The predicted octanol–water partition coefficient (Wildman–Crippen LogP) is 4.20. The molecule has 0 saturated heterocycles. The minimum absolute atomic E-state index is 0.165. The van der Waals surface area contributed by atoms with Crippen LogP contribution >= 0.6 is 0 Å². The number of carbonyl (C=O) groups excluding carboxylic acids is 1. The minimum atomic E-state index is -0.306. The third-order valence-electron chi connectivity index (χ3n) is 6.41. The lowest BCUT2D eigenvalue weighted by Gasteiger charge is -2.17. The van der Waals surface area contributed by atoms with Gasteiger partial charge in [0.1, 0.15) is 11.5 Å². The molecule has 1 unspecified atom stereocenters. The number of H-pyrrole nitrogens is 1. The smallest absolute Gasteiger partial charge is 0.252 e.